The van der Waals surface area contributed by atoms with Crippen LogP contribution in [-0.4, -0.2) is 31.1 Å². The summed E-state index contributed by atoms with van der Waals surface area (Å²) in [5.41, 5.74) is 1.90. The van der Waals surface area contributed by atoms with Crippen molar-refractivity contribution in [2.75, 3.05) is 26.2 Å². The zero-order chi connectivity index (χ0) is 11.7. The van der Waals surface area contributed by atoms with Crippen molar-refractivity contribution in [3.8, 4) is 0 Å². The fraction of sp³-hybridized carbons (Fsp3) is 0.571. The lowest BCUT2D eigenvalue weighted by atomic mass is 9.87. The number of nitrogens with zero attached hydrogens (tertiary/aromatic N) is 1. The van der Waals surface area contributed by atoms with Gasteiger partial charge in [0.2, 0.25) is 0 Å². The Morgan fingerprint density at radius 2 is 2.29 bits per heavy atom. The number of nitrogens with one attached hydrogen (secondary N) is 1. The Morgan fingerprint density at radius 3 is 3.06 bits per heavy atom. The molecule has 17 heavy (non-hydrogen) atoms. The van der Waals surface area contributed by atoms with Crippen molar-refractivity contribution < 1.29 is 0 Å². The SMILES string of the molecule is Clc1cccc(CN2CCC3(CCNC3)C2)c1. The first-order valence-corrected chi connectivity index (χ1v) is 6.81. The Bertz CT molecular complexity index is 399. The van der Waals surface area contributed by atoms with Crippen molar-refractivity contribution in [3.63, 3.8) is 0 Å². The zero-order valence-electron chi connectivity index (χ0n) is 10.1. The van der Waals surface area contributed by atoms with E-state index in [9.17, 15) is 0 Å². The summed E-state index contributed by atoms with van der Waals surface area (Å²) in [6, 6.07) is 8.24. The molecule has 1 N–H and O–H groups in total. The summed E-state index contributed by atoms with van der Waals surface area (Å²) >= 11 is 6.02. The van der Waals surface area contributed by atoms with E-state index in [4.69, 9.17) is 11.6 Å². The van der Waals surface area contributed by atoms with Crippen LogP contribution < -0.4 is 5.32 Å². The molecule has 3 heteroatoms. The molecule has 0 aliphatic carbocycles. The van der Waals surface area contributed by atoms with Gasteiger partial charge in [-0.3, -0.25) is 4.90 Å². The number of halogens is 1. The largest absolute Gasteiger partial charge is 0.316 e. The minimum absolute atomic E-state index is 0.568. The van der Waals surface area contributed by atoms with Crippen LogP contribution in [0.1, 0.15) is 18.4 Å². The predicted molar refractivity (Wildman–Crippen MR) is 71.3 cm³/mol. The third-order valence-corrected chi connectivity index (χ3v) is 4.38. The van der Waals surface area contributed by atoms with Gasteiger partial charge in [0.05, 0.1) is 0 Å². The molecule has 1 aromatic rings. The second kappa shape index (κ2) is 4.60. The molecule has 92 valence electrons. The van der Waals surface area contributed by atoms with Crippen LogP contribution in [0.15, 0.2) is 24.3 Å². The van der Waals surface area contributed by atoms with E-state index in [0.717, 1.165) is 11.6 Å². The standard InChI is InChI=1S/C14H19ClN2/c15-13-3-1-2-12(8-13)9-17-7-5-14(11-17)4-6-16-10-14/h1-3,8,16H,4-7,9-11H2. The molecule has 2 saturated heterocycles. The van der Waals surface area contributed by atoms with Gasteiger partial charge in [-0.15, -0.1) is 0 Å². The molecular formula is C14H19ClN2. The Hall–Kier alpha value is -0.570. The molecule has 1 atom stereocenters. The normalized spacial score (nSPS) is 29.2. The third kappa shape index (κ3) is 2.49. The molecule has 0 bridgehead atoms. The van der Waals surface area contributed by atoms with Crippen LogP contribution in [0.2, 0.25) is 5.02 Å². The summed E-state index contributed by atoms with van der Waals surface area (Å²) in [5, 5.41) is 4.35. The number of rotatable bonds is 2. The molecule has 2 fully saturated rings. The molecule has 0 saturated carbocycles. The van der Waals surface area contributed by atoms with Crippen LogP contribution in [-0.2, 0) is 6.54 Å². The lowest BCUT2D eigenvalue weighted by Gasteiger charge is -2.22. The molecule has 1 unspecified atom stereocenters. The molecule has 3 rings (SSSR count). The van der Waals surface area contributed by atoms with Gasteiger partial charge in [-0.25, -0.2) is 0 Å². The minimum atomic E-state index is 0.568. The first-order chi connectivity index (χ1) is 8.26. The Kier molecular flexibility index (Phi) is 3.12. The van der Waals surface area contributed by atoms with Crippen LogP contribution in [0.3, 0.4) is 0 Å². The van der Waals surface area contributed by atoms with Gasteiger partial charge in [-0.1, -0.05) is 23.7 Å². The van der Waals surface area contributed by atoms with E-state index in [1.807, 2.05) is 12.1 Å². The highest BCUT2D eigenvalue weighted by molar-refractivity contribution is 6.30. The monoisotopic (exact) mass is 250 g/mol. The topological polar surface area (TPSA) is 15.3 Å². The summed E-state index contributed by atoms with van der Waals surface area (Å²) in [4.78, 5) is 2.57. The molecular weight excluding hydrogens is 232 g/mol. The van der Waals surface area contributed by atoms with Crippen molar-refractivity contribution in [2.45, 2.75) is 19.4 Å². The number of benzene rings is 1. The van der Waals surface area contributed by atoms with E-state index in [2.05, 4.69) is 22.3 Å². The van der Waals surface area contributed by atoms with E-state index < -0.39 is 0 Å². The molecule has 2 nitrogen and oxygen atoms in total. The molecule has 0 amide bonds. The van der Waals surface area contributed by atoms with Crippen molar-refractivity contribution >= 4 is 11.6 Å². The first kappa shape index (κ1) is 11.5. The van der Waals surface area contributed by atoms with Gasteiger partial charge in [0.1, 0.15) is 0 Å². The van der Waals surface area contributed by atoms with Crippen LogP contribution in [0.5, 0.6) is 0 Å². The second-order valence-corrected chi connectivity index (χ2v) is 5.95. The summed E-state index contributed by atoms with van der Waals surface area (Å²) in [7, 11) is 0. The predicted octanol–water partition coefficient (Wildman–Crippen LogP) is 2.53. The number of hydrogen-bond donors (Lipinski definition) is 1. The van der Waals surface area contributed by atoms with Crippen molar-refractivity contribution in [2.24, 2.45) is 5.41 Å². The summed E-state index contributed by atoms with van der Waals surface area (Å²) < 4.78 is 0. The summed E-state index contributed by atoms with van der Waals surface area (Å²) in [6.45, 7) is 5.92. The van der Waals surface area contributed by atoms with Gasteiger partial charge in [0.15, 0.2) is 0 Å². The Morgan fingerprint density at radius 1 is 1.35 bits per heavy atom. The summed E-state index contributed by atoms with van der Waals surface area (Å²) in [6.07, 6.45) is 2.69. The smallest absolute Gasteiger partial charge is 0.0409 e. The Labute approximate surface area is 108 Å². The van der Waals surface area contributed by atoms with E-state index in [1.54, 1.807) is 0 Å². The fourth-order valence-electron chi connectivity index (χ4n) is 3.20. The Balaban J connectivity index is 1.64. The minimum Gasteiger partial charge on any atom is -0.316 e. The molecule has 2 aliphatic rings. The van der Waals surface area contributed by atoms with Gasteiger partial charge in [0.25, 0.3) is 0 Å². The maximum Gasteiger partial charge on any atom is 0.0409 e. The van der Waals surface area contributed by atoms with Gasteiger partial charge in [0, 0.05) is 24.7 Å². The van der Waals surface area contributed by atoms with Gasteiger partial charge in [-0.2, -0.15) is 0 Å². The van der Waals surface area contributed by atoms with Crippen molar-refractivity contribution in [3.05, 3.63) is 34.9 Å². The number of likely N-dealkylation sites (tertiary alicyclic amines) is 1. The summed E-state index contributed by atoms with van der Waals surface area (Å²) in [5.74, 6) is 0. The highest BCUT2D eigenvalue weighted by Gasteiger charge is 2.39. The van der Waals surface area contributed by atoms with Gasteiger partial charge in [-0.05, 0) is 49.0 Å². The lowest BCUT2D eigenvalue weighted by molar-refractivity contribution is 0.268. The van der Waals surface area contributed by atoms with Crippen molar-refractivity contribution in [1.29, 1.82) is 0 Å². The second-order valence-electron chi connectivity index (χ2n) is 5.52. The van der Waals surface area contributed by atoms with E-state index >= 15 is 0 Å². The van der Waals surface area contributed by atoms with E-state index in [1.165, 1.54) is 44.6 Å². The van der Waals surface area contributed by atoms with Gasteiger partial charge >= 0.3 is 0 Å². The van der Waals surface area contributed by atoms with Crippen LogP contribution in [0.4, 0.5) is 0 Å². The molecule has 0 aromatic heterocycles. The van der Waals surface area contributed by atoms with Crippen LogP contribution >= 0.6 is 11.6 Å². The van der Waals surface area contributed by atoms with Crippen LogP contribution in [0, 0.1) is 5.41 Å². The number of hydrogen-bond acceptors (Lipinski definition) is 2. The quantitative estimate of drug-likeness (QED) is 0.868. The third-order valence-electron chi connectivity index (χ3n) is 4.14. The first-order valence-electron chi connectivity index (χ1n) is 6.43. The average molecular weight is 251 g/mol. The molecule has 2 heterocycles. The van der Waals surface area contributed by atoms with E-state index in [-0.39, 0.29) is 0 Å². The van der Waals surface area contributed by atoms with Crippen molar-refractivity contribution in [1.82, 2.24) is 10.2 Å². The molecule has 1 spiro atoms. The zero-order valence-corrected chi connectivity index (χ0v) is 10.8. The highest BCUT2D eigenvalue weighted by Crippen LogP contribution is 2.36. The molecule has 2 aliphatic heterocycles. The highest BCUT2D eigenvalue weighted by atomic mass is 35.5. The maximum absolute atomic E-state index is 6.02. The maximum atomic E-state index is 6.02. The lowest BCUT2D eigenvalue weighted by Crippen LogP contribution is -2.28. The van der Waals surface area contributed by atoms with Crippen LogP contribution in [0.25, 0.3) is 0 Å². The van der Waals surface area contributed by atoms with E-state index in [0.29, 0.717) is 5.41 Å². The molecule has 1 aromatic carbocycles. The fourth-order valence-corrected chi connectivity index (χ4v) is 3.41. The molecule has 0 radical (unpaired) electrons. The van der Waals surface area contributed by atoms with Gasteiger partial charge < -0.3 is 5.32 Å². The average Bonchev–Trinajstić information content (AvgIpc) is 2.90.